The summed E-state index contributed by atoms with van der Waals surface area (Å²) in [6, 6.07) is 3.61. The molecular formula is C14H16FNO3. The van der Waals surface area contributed by atoms with E-state index in [9.17, 15) is 14.0 Å². The number of anilines is 1. The van der Waals surface area contributed by atoms with E-state index in [2.05, 4.69) is 5.32 Å². The van der Waals surface area contributed by atoms with Gasteiger partial charge in [0.25, 0.3) is 0 Å². The van der Waals surface area contributed by atoms with Crippen molar-refractivity contribution in [3.63, 3.8) is 0 Å². The van der Waals surface area contributed by atoms with Gasteiger partial charge >= 0.3 is 5.97 Å². The van der Waals surface area contributed by atoms with Gasteiger partial charge in [0, 0.05) is 11.6 Å². The molecule has 0 aromatic heterocycles. The van der Waals surface area contributed by atoms with Crippen LogP contribution in [0.3, 0.4) is 0 Å². The van der Waals surface area contributed by atoms with Crippen LogP contribution in [0.2, 0.25) is 0 Å². The van der Waals surface area contributed by atoms with Crippen LogP contribution in [0.1, 0.15) is 36.5 Å². The summed E-state index contributed by atoms with van der Waals surface area (Å²) in [5.74, 6) is -1.98. The van der Waals surface area contributed by atoms with Crippen LogP contribution in [0, 0.1) is 17.7 Å². The van der Waals surface area contributed by atoms with Crippen LogP contribution in [0.4, 0.5) is 10.1 Å². The van der Waals surface area contributed by atoms with Crippen molar-refractivity contribution < 1.29 is 19.1 Å². The molecule has 2 rings (SSSR count). The van der Waals surface area contributed by atoms with Crippen molar-refractivity contribution in [2.24, 2.45) is 11.8 Å². The Bertz CT molecular complexity index is 515. The van der Waals surface area contributed by atoms with Gasteiger partial charge < -0.3 is 10.4 Å². The van der Waals surface area contributed by atoms with Crippen molar-refractivity contribution in [2.75, 3.05) is 5.32 Å². The minimum Gasteiger partial charge on any atom is -0.478 e. The highest BCUT2D eigenvalue weighted by molar-refractivity contribution is 5.94. The van der Waals surface area contributed by atoms with Gasteiger partial charge in [-0.3, -0.25) is 4.79 Å². The third kappa shape index (κ3) is 2.92. The molecule has 2 N–H and O–H groups in total. The smallest absolute Gasteiger partial charge is 0.338 e. The Morgan fingerprint density at radius 3 is 2.63 bits per heavy atom. The lowest BCUT2D eigenvalue weighted by atomic mass is 9.97. The van der Waals surface area contributed by atoms with Crippen LogP contribution in [0.5, 0.6) is 0 Å². The zero-order valence-electron chi connectivity index (χ0n) is 10.6. The van der Waals surface area contributed by atoms with Crippen LogP contribution >= 0.6 is 0 Å². The minimum atomic E-state index is -1.32. The van der Waals surface area contributed by atoms with Gasteiger partial charge in [-0.05, 0) is 37.0 Å². The number of carboxylic acids is 1. The van der Waals surface area contributed by atoms with Crippen molar-refractivity contribution >= 4 is 17.6 Å². The number of rotatable bonds is 3. The lowest BCUT2D eigenvalue weighted by Crippen LogP contribution is -2.24. The Balaban J connectivity index is 2.09. The van der Waals surface area contributed by atoms with Gasteiger partial charge in [-0.15, -0.1) is 0 Å². The molecule has 19 heavy (non-hydrogen) atoms. The molecule has 1 fully saturated rings. The Labute approximate surface area is 110 Å². The summed E-state index contributed by atoms with van der Waals surface area (Å²) < 4.78 is 13.5. The molecule has 0 bridgehead atoms. The van der Waals surface area contributed by atoms with E-state index < -0.39 is 17.3 Å². The summed E-state index contributed by atoms with van der Waals surface area (Å²) in [6.07, 6.45) is 2.92. The molecule has 2 atom stereocenters. The second kappa shape index (κ2) is 5.38. The van der Waals surface area contributed by atoms with Gasteiger partial charge in [-0.1, -0.05) is 13.3 Å². The quantitative estimate of drug-likeness (QED) is 0.883. The number of hydrogen-bond donors (Lipinski definition) is 2. The van der Waals surface area contributed by atoms with Crippen molar-refractivity contribution in [3.05, 3.63) is 29.6 Å². The maximum Gasteiger partial charge on any atom is 0.338 e. The maximum atomic E-state index is 13.5. The molecule has 0 radical (unpaired) electrons. The fraction of sp³-hybridized carbons (Fsp3) is 0.429. The molecule has 0 spiro atoms. The number of amides is 1. The fourth-order valence-corrected chi connectivity index (χ4v) is 2.54. The van der Waals surface area contributed by atoms with Gasteiger partial charge in [-0.2, -0.15) is 0 Å². The van der Waals surface area contributed by atoms with Crippen LogP contribution in [0.25, 0.3) is 0 Å². The van der Waals surface area contributed by atoms with Gasteiger partial charge in [0.15, 0.2) is 0 Å². The van der Waals surface area contributed by atoms with E-state index in [1.165, 1.54) is 6.07 Å². The number of carboxylic acid groups (broad SMARTS) is 1. The zero-order valence-corrected chi connectivity index (χ0v) is 10.6. The Kier molecular flexibility index (Phi) is 3.83. The number of carbonyl (C=O) groups is 2. The van der Waals surface area contributed by atoms with Gasteiger partial charge in [0.1, 0.15) is 5.82 Å². The Hall–Kier alpha value is -1.91. The number of halogens is 1. The molecule has 0 saturated heterocycles. The average molecular weight is 265 g/mol. The van der Waals surface area contributed by atoms with E-state index in [4.69, 9.17) is 5.11 Å². The molecule has 0 heterocycles. The van der Waals surface area contributed by atoms with Gasteiger partial charge in [-0.25, -0.2) is 9.18 Å². The standard InChI is InChI=1S/C14H16FNO3/c1-8-3-2-4-10(8)13(17)16-9-5-6-11(14(18)19)12(15)7-9/h5-8,10H,2-4H2,1H3,(H,16,17)(H,18,19). The van der Waals surface area contributed by atoms with Crippen molar-refractivity contribution in [3.8, 4) is 0 Å². The Morgan fingerprint density at radius 2 is 2.11 bits per heavy atom. The number of aromatic carboxylic acids is 1. The summed E-state index contributed by atoms with van der Waals surface area (Å²) in [6.45, 7) is 2.03. The molecule has 1 aliphatic carbocycles. The maximum absolute atomic E-state index is 13.5. The number of nitrogens with one attached hydrogen (secondary N) is 1. The van der Waals surface area contributed by atoms with Crippen LogP contribution in [-0.2, 0) is 4.79 Å². The van der Waals surface area contributed by atoms with Crippen LogP contribution in [-0.4, -0.2) is 17.0 Å². The highest BCUT2D eigenvalue weighted by Gasteiger charge is 2.29. The first-order valence-corrected chi connectivity index (χ1v) is 6.32. The molecule has 4 nitrogen and oxygen atoms in total. The van der Waals surface area contributed by atoms with Crippen molar-refractivity contribution in [1.82, 2.24) is 0 Å². The molecule has 102 valence electrons. The summed E-state index contributed by atoms with van der Waals surface area (Å²) >= 11 is 0. The minimum absolute atomic E-state index is 0.0396. The van der Waals surface area contributed by atoms with E-state index in [0.29, 0.717) is 11.6 Å². The van der Waals surface area contributed by atoms with Crippen molar-refractivity contribution in [1.29, 1.82) is 0 Å². The van der Waals surface area contributed by atoms with Crippen LogP contribution in [0.15, 0.2) is 18.2 Å². The monoisotopic (exact) mass is 265 g/mol. The summed E-state index contributed by atoms with van der Waals surface area (Å²) in [5, 5.41) is 11.4. The predicted molar refractivity (Wildman–Crippen MR) is 68.5 cm³/mol. The zero-order chi connectivity index (χ0) is 14.0. The van der Waals surface area contributed by atoms with E-state index in [-0.39, 0.29) is 11.8 Å². The lowest BCUT2D eigenvalue weighted by molar-refractivity contribution is -0.120. The second-order valence-electron chi connectivity index (χ2n) is 5.00. The SMILES string of the molecule is CC1CCCC1C(=O)Nc1ccc(C(=O)O)c(F)c1. The molecule has 1 saturated carbocycles. The van der Waals surface area contributed by atoms with E-state index >= 15 is 0 Å². The van der Waals surface area contributed by atoms with Crippen molar-refractivity contribution in [2.45, 2.75) is 26.2 Å². The predicted octanol–water partition coefficient (Wildman–Crippen LogP) is 2.90. The number of hydrogen-bond acceptors (Lipinski definition) is 2. The summed E-state index contributed by atoms with van der Waals surface area (Å²) in [5.41, 5.74) is -0.0983. The van der Waals surface area contributed by atoms with Gasteiger partial charge in [0.2, 0.25) is 5.91 Å². The lowest BCUT2D eigenvalue weighted by Gasteiger charge is -2.15. The average Bonchev–Trinajstić information content (AvgIpc) is 2.75. The highest BCUT2D eigenvalue weighted by Crippen LogP contribution is 2.32. The molecule has 0 aliphatic heterocycles. The topological polar surface area (TPSA) is 66.4 Å². The Morgan fingerprint density at radius 1 is 1.37 bits per heavy atom. The molecule has 2 unspecified atom stereocenters. The first-order valence-electron chi connectivity index (χ1n) is 6.32. The molecule has 5 heteroatoms. The molecule has 1 aromatic rings. The van der Waals surface area contributed by atoms with Gasteiger partial charge in [0.05, 0.1) is 5.56 Å². The van der Waals surface area contributed by atoms with E-state index in [1.807, 2.05) is 6.92 Å². The molecular weight excluding hydrogens is 249 g/mol. The number of benzene rings is 1. The second-order valence-corrected chi connectivity index (χ2v) is 5.00. The fourth-order valence-electron chi connectivity index (χ4n) is 2.54. The first-order chi connectivity index (χ1) is 8.99. The summed E-state index contributed by atoms with van der Waals surface area (Å²) in [4.78, 5) is 22.7. The largest absolute Gasteiger partial charge is 0.478 e. The third-order valence-electron chi connectivity index (χ3n) is 3.67. The van der Waals surface area contributed by atoms with Crippen LogP contribution < -0.4 is 5.32 Å². The van der Waals surface area contributed by atoms with E-state index in [0.717, 1.165) is 31.4 Å². The summed E-state index contributed by atoms with van der Waals surface area (Å²) in [7, 11) is 0. The third-order valence-corrected chi connectivity index (χ3v) is 3.67. The highest BCUT2D eigenvalue weighted by atomic mass is 19.1. The first kappa shape index (κ1) is 13.5. The number of carbonyl (C=O) groups excluding carboxylic acids is 1. The molecule has 1 aliphatic rings. The molecule has 1 amide bonds. The van der Waals surface area contributed by atoms with E-state index in [1.54, 1.807) is 0 Å². The normalized spacial score (nSPS) is 22.2. The molecule has 1 aromatic carbocycles.